The van der Waals surface area contributed by atoms with Gasteiger partial charge in [0.15, 0.2) is 18.5 Å². The predicted octanol–water partition coefficient (Wildman–Crippen LogP) is 4.02. The van der Waals surface area contributed by atoms with Crippen LogP contribution in [-0.4, -0.2) is 76.6 Å². The summed E-state index contributed by atoms with van der Waals surface area (Å²) < 4.78 is 25.7. The number of carbonyl (C=O) groups is 3. The number of hydrogen-bond donors (Lipinski definition) is 1. The number of esters is 2. The molecule has 5 atom stereocenters. The van der Waals surface area contributed by atoms with Gasteiger partial charge in [-0.3, -0.25) is 4.79 Å². The molecular formula is C33H37N7O7. The molecule has 0 spiro atoms. The largest absolute Gasteiger partial charge is 0.452 e. The minimum Gasteiger partial charge on any atom is -0.452 e. The molecule has 47 heavy (non-hydrogen) atoms. The van der Waals surface area contributed by atoms with Crippen molar-refractivity contribution >= 4 is 17.8 Å². The standard InChI is InChI=1S/C33H37N7O7/c1-3-4-5-6-13-18-26-22-40(39-37-26)19-20-44-33-28(36-23(2)41)30(47-32(43)25-16-11-8-12-17-25)29(27(45-33)21-35-38-34)46-31(42)24-14-9-7-10-15-24/h1,7-12,14-17,22,27-30,33H,4-6,13,18-21H2,2H3,(H,36,41)/t27-,28-,29-,30-,33+/m1/s1. The normalized spacial score (nSPS) is 20.3. The van der Waals surface area contributed by atoms with Crippen molar-refractivity contribution < 1.29 is 33.3 Å². The van der Waals surface area contributed by atoms with E-state index in [9.17, 15) is 14.4 Å². The Morgan fingerprint density at radius 1 is 1.02 bits per heavy atom. The minimum atomic E-state index is -1.30. The first kappa shape index (κ1) is 34.6. The number of azide groups is 1. The molecule has 0 saturated carbocycles. The number of benzene rings is 2. The Bertz CT molecular complexity index is 1550. The van der Waals surface area contributed by atoms with Crippen molar-refractivity contribution in [2.45, 2.75) is 76.2 Å². The average Bonchev–Trinajstić information content (AvgIpc) is 3.54. The zero-order valence-electron chi connectivity index (χ0n) is 26.0. The third kappa shape index (κ3) is 10.4. The molecule has 0 bridgehead atoms. The first-order chi connectivity index (χ1) is 22.9. The summed E-state index contributed by atoms with van der Waals surface area (Å²) in [6.07, 6.45) is 6.65. The molecule has 1 fully saturated rings. The van der Waals surface area contributed by atoms with E-state index in [-0.39, 0.29) is 24.3 Å². The fraction of sp³-hybridized carbons (Fsp3) is 0.424. The highest BCUT2D eigenvalue weighted by Crippen LogP contribution is 2.29. The second kappa shape index (κ2) is 18.1. The number of nitrogens with one attached hydrogen (secondary N) is 1. The van der Waals surface area contributed by atoms with Gasteiger partial charge in [-0.25, -0.2) is 14.3 Å². The Morgan fingerprint density at radius 3 is 2.30 bits per heavy atom. The fourth-order valence-corrected chi connectivity index (χ4v) is 5.05. The molecule has 1 aliphatic rings. The maximum Gasteiger partial charge on any atom is 0.338 e. The van der Waals surface area contributed by atoms with Gasteiger partial charge in [0.2, 0.25) is 5.91 Å². The molecule has 1 aliphatic heterocycles. The highest BCUT2D eigenvalue weighted by molar-refractivity contribution is 5.90. The van der Waals surface area contributed by atoms with Crippen LogP contribution in [0.15, 0.2) is 72.0 Å². The highest BCUT2D eigenvalue weighted by atomic mass is 16.7. The lowest BCUT2D eigenvalue weighted by molar-refractivity contribution is -0.261. The van der Waals surface area contributed by atoms with Gasteiger partial charge < -0.3 is 24.3 Å². The molecule has 14 heteroatoms. The van der Waals surface area contributed by atoms with E-state index in [1.54, 1.807) is 65.3 Å². The number of unbranched alkanes of at least 4 members (excludes halogenated alkanes) is 3. The summed E-state index contributed by atoms with van der Waals surface area (Å²) in [4.78, 5) is 41.8. The van der Waals surface area contributed by atoms with Gasteiger partial charge in [0, 0.05) is 24.5 Å². The van der Waals surface area contributed by atoms with Gasteiger partial charge in [-0.05, 0) is 49.1 Å². The molecule has 14 nitrogen and oxygen atoms in total. The first-order valence-corrected chi connectivity index (χ1v) is 15.3. The van der Waals surface area contributed by atoms with Crippen molar-refractivity contribution in [2.24, 2.45) is 5.11 Å². The average molecular weight is 644 g/mol. The number of aromatic nitrogens is 3. The predicted molar refractivity (Wildman–Crippen MR) is 169 cm³/mol. The summed E-state index contributed by atoms with van der Waals surface area (Å²) in [6, 6.07) is 15.3. The summed E-state index contributed by atoms with van der Waals surface area (Å²) in [5, 5.41) is 14.8. The van der Waals surface area contributed by atoms with Crippen LogP contribution in [0.5, 0.6) is 0 Å². The highest BCUT2D eigenvalue weighted by Gasteiger charge is 2.51. The SMILES string of the molecule is C#CCCCCCc1cn(CCO[C@H]2O[C@H](CN=[N+]=[N-])[C@@H](OC(=O)c3ccccc3)[C@H](OC(=O)c3ccccc3)[C@H]2NC(C)=O)nn1. The quantitative estimate of drug-likeness (QED) is 0.0602. The summed E-state index contributed by atoms with van der Waals surface area (Å²) in [6.45, 7) is 1.35. The number of hydrogen-bond acceptors (Lipinski definition) is 10. The molecule has 0 unspecified atom stereocenters. The van der Waals surface area contributed by atoms with Crippen LogP contribution in [-0.2, 0) is 36.7 Å². The number of aryl methyl sites for hydroxylation is 1. The van der Waals surface area contributed by atoms with Gasteiger partial charge in [-0.1, -0.05) is 53.1 Å². The molecule has 1 saturated heterocycles. The van der Waals surface area contributed by atoms with Crippen LogP contribution in [0, 0.1) is 12.3 Å². The number of nitrogens with zero attached hydrogens (tertiary/aromatic N) is 6. The van der Waals surface area contributed by atoms with Gasteiger partial charge in [-0.15, -0.1) is 17.4 Å². The van der Waals surface area contributed by atoms with E-state index in [1.807, 2.05) is 6.20 Å². The van der Waals surface area contributed by atoms with Gasteiger partial charge in [-0.2, -0.15) is 0 Å². The number of carbonyl (C=O) groups excluding carboxylic acids is 3. The lowest BCUT2D eigenvalue weighted by Crippen LogP contribution is -2.66. The van der Waals surface area contributed by atoms with Crippen molar-refractivity contribution in [1.29, 1.82) is 0 Å². The molecular weight excluding hydrogens is 606 g/mol. The second-order valence-electron chi connectivity index (χ2n) is 10.8. The van der Waals surface area contributed by atoms with E-state index in [4.69, 9.17) is 30.9 Å². The Hall–Kier alpha value is -5.22. The maximum atomic E-state index is 13.3. The van der Waals surface area contributed by atoms with Gasteiger partial charge in [0.1, 0.15) is 12.1 Å². The smallest absolute Gasteiger partial charge is 0.338 e. The van der Waals surface area contributed by atoms with E-state index in [2.05, 4.69) is 31.6 Å². The molecule has 1 aromatic heterocycles. The molecule has 2 aromatic carbocycles. The molecule has 1 amide bonds. The molecule has 0 aliphatic carbocycles. The van der Waals surface area contributed by atoms with Crippen molar-refractivity contribution in [3.63, 3.8) is 0 Å². The molecule has 4 rings (SSSR count). The number of amides is 1. The van der Waals surface area contributed by atoms with Crippen LogP contribution >= 0.6 is 0 Å². The Balaban J connectivity index is 1.55. The summed E-state index contributed by atoms with van der Waals surface area (Å²) in [5.74, 6) is 0.699. The van der Waals surface area contributed by atoms with Gasteiger partial charge in [0.25, 0.3) is 0 Å². The van der Waals surface area contributed by atoms with Crippen molar-refractivity contribution in [1.82, 2.24) is 20.3 Å². The summed E-state index contributed by atoms with van der Waals surface area (Å²) in [5.41, 5.74) is 10.4. The van der Waals surface area contributed by atoms with Crippen LogP contribution in [0.2, 0.25) is 0 Å². The van der Waals surface area contributed by atoms with Crippen LogP contribution in [0.1, 0.15) is 59.0 Å². The maximum absolute atomic E-state index is 13.3. The lowest BCUT2D eigenvalue weighted by Gasteiger charge is -2.45. The molecule has 1 N–H and O–H groups in total. The van der Waals surface area contributed by atoms with E-state index in [0.29, 0.717) is 6.54 Å². The third-order valence-corrected chi connectivity index (χ3v) is 7.29. The molecule has 0 radical (unpaired) electrons. The van der Waals surface area contributed by atoms with E-state index >= 15 is 0 Å². The third-order valence-electron chi connectivity index (χ3n) is 7.29. The number of terminal acetylenes is 1. The van der Waals surface area contributed by atoms with Crippen LogP contribution < -0.4 is 5.32 Å². The fourth-order valence-electron chi connectivity index (χ4n) is 5.05. The van der Waals surface area contributed by atoms with Crippen molar-refractivity contribution in [3.05, 3.63) is 94.1 Å². The van der Waals surface area contributed by atoms with Crippen molar-refractivity contribution in [3.8, 4) is 12.3 Å². The van der Waals surface area contributed by atoms with E-state index in [1.165, 1.54) is 6.92 Å². The lowest BCUT2D eigenvalue weighted by atomic mass is 9.95. The Morgan fingerprint density at radius 2 is 1.68 bits per heavy atom. The zero-order valence-corrected chi connectivity index (χ0v) is 26.0. The van der Waals surface area contributed by atoms with E-state index < -0.39 is 48.5 Å². The molecule has 3 aromatic rings. The van der Waals surface area contributed by atoms with Gasteiger partial charge in [0.05, 0.1) is 36.5 Å². The monoisotopic (exact) mass is 643 g/mol. The number of ether oxygens (including phenoxy) is 4. The van der Waals surface area contributed by atoms with Crippen LogP contribution in [0.25, 0.3) is 10.4 Å². The summed E-state index contributed by atoms with van der Waals surface area (Å²) in [7, 11) is 0. The topological polar surface area (TPSA) is 180 Å². The molecule has 246 valence electrons. The first-order valence-electron chi connectivity index (χ1n) is 15.3. The van der Waals surface area contributed by atoms with Crippen LogP contribution in [0.4, 0.5) is 0 Å². The van der Waals surface area contributed by atoms with Crippen molar-refractivity contribution in [2.75, 3.05) is 13.2 Å². The summed E-state index contributed by atoms with van der Waals surface area (Å²) >= 11 is 0. The second-order valence-corrected chi connectivity index (χ2v) is 10.8. The Labute approximate surface area is 272 Å². The Kier molecular flexibility index (Phi) is 13.3. The van der Waals surface area contributed by atoms with Gasteiger partial charge >= 0.3 is 11.9 Å². The molecule has 2 heterocycles. The van der Waals surface area contributed by atoms with Crippen LogP contribution in [0.3, 0.4) is 0 Å². The number of rotatable bonds is 16. The zero-order chi connectivity index (χ0) is 33.4. The van der Waals surface area contributed by atoms with E-state index in [0.717, 1.165) is 37.8 Å². The minimum absolute atomic E-state index is 0.0633.